The fourth-order valence-corrected chi connectivity index (χ4v) is 11.9. The van der Waals surface area contributed by atoms with Crippen molar-refractivity contribution in [3.05, 3.63) is 95.2 Å². The van der Waals surface area contributed by atoms with E-state index in [4.69, 9.17) is 0 Å². The van der Waals surface area contributed by atoms with Crippen LogP contribution in [0.4, 0.5) is 0 Å². The van der Waals surface area contributed by atoms with Gasteiger partial charge in [0.05, 0.1) is 0 Å². The van der Waals surface area contributed by atoms with E-state index in [1.807, 2.05) is 0 Å². The van der Waals surface area contributed by atoms with E-state index in [9.17, 15) is 0 Å². The lowest BCUT2D eigenvalue weighted by Crippen LogP contribution is -2.36. The number of fused-ring (bicyclic) bond motifs is 8. The predicted molar refractivity (Wildman–Crippen MR) is 187 cm³/mol. The zero-order valence-corrected chi connectivity index (χ0v) is 28.9. The molecule has 0 aliphatic heterocycles. The first-order valence-corrected chi connectivity index (χ1v) is 18.4. The third-order valence-electron chi connectivity index (χ3n) is 14.7. The number of allylic oxidation sites excluding steroid dienone is 16. The topological polar surface area (TPSA) is 0 Å². The standard InChI is InChI=1S/C44H58/c1-41(2)19-21-43(5,6)39-25-35-33(23-37(39)41)32(34-24-38-40(26-36(34)35)44(7,8)22-20-42(38,3)4)18-17-31-29-15-11-9-13-27(29)28-14-10-12-16-30(28)31/h9-16,23-36H,17-22H2,1-8H3/t27-,28+,29?,30?,31?,32?,33?,34?,35-,36+. The first kappa shape index (κ1) is 29.3. The summed E-state index contributed by atoms with van der Waals surface area (Å²) in [5.41, 5.74) is 7.94. The molecule has 0 nitrogen and oxygen atoms in total. The maximum atomic E-state index is 2.88. The van der Waals surface area contributed by atoms with Gasteiger partial charge in [-0.15, -0.1) is 0 Å². The van der Waals surface area contributed by atoms with Crippen molar-refractivity contribution < 1.29 is 0 Å². The molecule has 0 saturated heterocycles. The molecular weight excluding hydrogens is 528 g/mol. The Kier molecular flexibility index (Phi) is 6.48. The minimum Gasteiger partial charge on any atom is -0.0805 e. The Morgan fingerprint density at radius 2 is 0.659 bits per heavy atom. The number of rotatable bonds is 3. The van der Waals surface area contributed by atoms with Crippen LogP contribution in [-0.4, -0.2) is 0 Å². The van der Waals surface area contributed by atoms with Gasteiger partial charge in [0.15, 0.2) is 0 Å². The molecule has 4 saturated carbocycles. The van der Waals surface area contributed by atoms with Gasteiger partial charge in [0.25, 0.3) is 0 Å². The van der Waals surface area contributed by atoms with Crippen molar-refractivity contribution in [2.45, 2.75) is 93.9 Å². The van der Waals surface area contributed by atoms with Gasteiger partial charge in [-0.3, -0.25) is 0 Å². The molecule has 234 valence electrons. The van der Waals surface area contributed by atoms with Crippen LogP contribution >= 0.6 is 0 Å². The van der Waals surface area contributed by atoms with Gasteiger partial charge >= 0.3 is 0 Å². The summed E-state index contributed by atoms with van der Waals surface area (Å²) in [5.74, 6) is 6.83. The van der Waals surface area contributed by atoms with Gasteiger partial charge in [-0.25, -0.2) is 0 Å². The molecule has 4 fully saturated rings. The molecule has 6 unspecified atom stereocenters. The average molecular weight is 587 g/mol. The van der Waals surface area contributed by atoms with Crippen LogP contribution in [0.3, 0.4) is 0 Å². The van der Waals surface area contributed by atoms with Gasteiger partial charge < -0.3 is 0 Å². The van der Waals surface area contributed by atoms with Crippen LogP contribution in [0.2, 0.25) is 0 Å². The van der Waals surface area contributed by atoms with Crippen LogP contribution in [0, 0.1) is 80.8 Å². The van der Waals surface area contributed by atoms with E-state index in [0.29, 0.717) is 47.3 Å². The maximum absolute atomic E-state index is 2.88. The van der Waals surface area contributed by atoms with Gasteiger partial charge in [0, 0.05) is 0 Å². The fourth-order valence-electron chi connectivity index (χ4n) is 11.9. The van der Waals surface area contributed by atoms with E-state index in [2.05, 4.69) is 128 Å². The zero-order chi connectivity index (χ0) is 30.8. The second kappa shape index (κ2) is 9.72. The Morgan fingerprint density at radius 1 is 0.386 bits per heavy atom. The first-order chi connectivity index (χ1) is 20.8. The molecule has 0 heterocycles. The summed E-state index contributed by atoms with van der Waals surface area (Å²) in [4.78, 5) is 0. The van der Waals surface area contributed by atoms with Crippen molar-refractivity contribution in [3.63, 3.8) is 0 Å². The molecule has 0 radical (unpaired) electrons. The summed E-state index contributed by atoms with van der Waals surface area (Å²) in [6, 6.07) is 0. The number of hydrogen-bond acceptors (Lipinski definition) is 0. The van der Waals surface area contributed by atoms with Crippen LogP contribution in [0.5, 0.6) is 0 Å². The third kappa shape index (κ3) is 4.28. The first-order valence-electron chi connectivity index (χ1n) is 18.4. The van der Waals surface area contributed by atoms with Crippen molar-refractivity contribution >= 4 is 0 Å². The average Bonchev–Trinajstić information content (AvgIpc) is 3.47. The van der Waals surface area contributed by atoms with E-state index < -0.39 is 0 Å². The van der Waals surface area contributed by atoms with Crippen LogP contribution in [0.1, 0.15) is 93.9 Å². The normalized spacial score (nSPS) is 44.2. The smallest absolute Gasteiger partial charge is 0.00924 e. The monoisotopic (exact) mass is 586 g/mol. The van der Waals surface area contributed by atoms with E-state index in [1.165, 1.54) is 38.5 Å². The van der Waals surface area contributed by atoms with Crippen LogP contribution in [0.15, 0.2) is 95.2 Å². The molecule has 0 bridgehead atoms. The van der Waals surface area contributed by atoms with Gasteiger partial charge in [0.1, 0.15) is 0 Å². The molecule has 0 aromatic carbocycles. The van der Waals surface area contributed by atoms with Crippen LogP contribution < -0.4 is 0 Å². The molecule has 0 spiro atoms. The van der Waals surface area contributed by atoms with E-state index in [-0.39, 0.29) is 21.7 Å². The Hall–Kier alpha value is -2.08. The quantitative estimate of drug-likeness (QED) is 0.308. The largest absolute Gasteiger partial charge is 0.0805 e. The molecule has 44 heavy (non-hydrogen) atoms. The van der Waals surface area contributed by atoms with E-state index in [1.54, 1.807) is 22.3 Å². The SMILES string of the molecule is CC1(C)CCC(C)(C)C2=C[C@@H]3C(C=C21)C(CCC1C2C=CC=C[C@H]2[C@H]2C=CC=CC12)C1C=C2C(=C[C@@H]13)C(C)(C)CCC2(C)C. The molecule has 8 rings (SSSR count). The minimum atomic E-state index is 0.282. The number of hydrogen-bond donors (Lipinski definition) is 0. The maximum Gasteiger partial charge on any atom is -0.00924 e. The Balaban J connectivity index is 1.20. The summed E-state index contributed by atoms with van der Waals surface area (Å²) in [5, 5.41) is 0. The molecule has 0 amide bonds. The van der Waals surface area contributed by atoms with Gasteiger partial charge in [-0.2, -0.15) is 0 Å². The molecule has 0 N–H and O–H groups in total. The molecule has 0 aromatic heterocycles. The molecule has 0 heteroatoms. The third-order valence-corrected chi connectivity index (χ3v) is 14.7. The Bertz CT molecular complexity index is 1360. The molecule has 10 atom stereocenters. The molecule has 8 aliphatic rings. The van der Waals surface area contributed by atoms with Gasteiger partial charge in [-0.05, 0) is 142 Å². The predicted octanol–water partition coefficient (Wildman–Crippen LogP) is 11.6. The van der Waals surface area contributed by atoms with Crippen molar-refractivity contribution in [1.82, 2.24) is 0 Å². The summed E-state index contributed by atoms with van der Waals surface area (Å²) >= 11 is 0. The van der Waals surface area contributed by atoms with E-state index in [0.717, 1.165) is 11.8 Å². The highest BCUT2D eigenvalue weighted by Crippen LogP contribution is 2.64. The van der Waals surface area contributed by atoms with Crippen molar-refractivity contribution in [1.29, 1.82) is 0 Å². The minimum absolute atomic E-state index is 0.282. The zero-order valence-electron chi connectivity index (χ0n) is 28.9. The second-order valence-corrected chi connectivity index (χ2v) is 18.9. The highest BCUT2D eigenvalue weighted by Gasteiger charge is 2.55. The summed E-state index contributed by atoms with van der Waals surface area (Å²) in [7, 11) is 0. The van der Waals surface area contributed by atoms with Crippen molar-refractivity contribution in [2.75, 3.05) is 0 Å². The Morgan fingerprint density at radius 3 is 1.00 bits per heavy atom. The molecule has 8 aliphatic carbocycles. The highest BCUT2D eigenvalue weighted by molar-refractivity contribution is 5.51. The second-order valence-electron chi connectivity index (χ2n) is 18.9. The highest BCUT2D eigenvalue weighted by atomic mass is 14.6. The van der Waals surface area contributed by atoms with Crippen LogP contribution in [0.25, 0.3) is 0 Å². The fraction of sp³-hybridized carbons (Fsp3) is 0.636. The molecule has 0 aromatic rings. The van der Waals surface area contributed by atoms with Crippen molar-refractivity contribution in [3.8, 4) is 0 Å². The molecular formula is C44H58. The van der Waals surface area contributed by atoms with Gasteiger partial charge in [-0.1, -0.05) is 128 Å². The van der Waals surface area contributed by atoms with Crippen molar-refractivity contribution in [2.24, 2.45) is 80.8 Å². The lowest BCUT2D eigenvalue weighted by molar-refractivity contribution is 0.237. The summed E-state index contributed by atoms with van der Waals surface area (Å²) in [6.45, 7) is 20.3. The van der Waals surface area contributed by atoms with Gasteiger partial charge in [0.2, 0.25) is 0 Å². The summed E-state index contributed by atoms with van der Waals surface area (Å²) in [6.07, 6.45) is 39.0. The lowest BCUT2D eigenvalue weighted by atomic mass is 9.56. The van der Waals surface area contributed by atoms with Crippen LogP contribution in [-0.2, 0) is 0 Å². The Labute approximate surface area is 269 Å². The lowest BCUT2D eigenvalue weighted by Gasteiger charge is -2.48. The van der Waals surface area contributed by atoms with E-state index >= 15 is 0 Å². The summed E-state index contributed by atoms with van der Waals surface area (Å²) < 4.78 is 0.